The van der Waals surface area contributed by atoms with E-state index in [4.69, 9.17) is 0 Å². The van der Waals surface area contributed by atoms with E-state index in [0.29, 0.717) is 5.56 Å². The number of aliphatic hydroxyl groups is 1. The quantitative estimate of drug-likeness (QED) is 0.766. The lowest BCUT2D eigenvalue weighted by atomic mass is 9.95. The van der Waals surface area contributed by atoms with Crippen LogP contribution >= 0.6 is 0 Å². The molecule has 3 aromatic rings. The lowest BCUT2D eigenvalue weighted by Gasteiger charge is -2.16. The van der Waals surface area contributed by atoms with E-state index in [9.17, 15) is 9.50 Å². The highest BCUT2D eigenvalue weighted by Gasteiger charge is 2.16. The molecule has 0 saturated carbocycles. The van der Waals surface area contributed by atoms with E-state index >= 15 is 0 Å². The summed E-state index contributed by atoms with van der Waals surface area (Å²) in [5.41, 5.74) is 3.07. The van der Waals surface area contributed by atoms with E-state index in [1.165, 1.54) is 12.1 Å². The summed E-state index contributed by atoms with van der Waals surface area (Å²) >= 11 is 0. The van der Waals surface area contributed by atoms with Gasteiger partial charge in [0, 0.05) is 11.6 Å². The van der Waals surface area contributed by atoms with Gasteiger partial charge in [0.2, 0.25) is 0 Å². The zero-order valence-corrected chi connectivity index (χ0v) is 11.0. The van der Waals surface area contributed by atoms with E-state index in [1.807, 2.05) is 24.3 Å². The molecule has 0 saturated heterocycles. The van der Waals surface area contributed by atoms with Crippen LogP contribution in [-0.4, -0.2) is 10.1 Å². The summed E-state index contributed by atoms with van der Waals surface area (Å²) in [6.07, 6.45) is 0.892. The van der Waals surface area contributed by atoms with Crippen LogP contribution < -0.4 is 0 Å². The molecule has 0 aliphatic heterocycles. The van der Waals surface area contributed by atoms with Gasteiger partial charge >= 0.3 is 0 Å². The molecule has 0 bridgehead atoms. The second-order valence-electron chi connectivity index (χ2n) is 4.82. The summed E-state index contributed by atoms with van der Waals surface area (Å²) in [6.45, 7) is 1.80. The third-order valence-corrected chi connectivity index (χ3v) is 3.50. The molecule has 1 unspecified atom stereocenters. The molecular formula is C17H14FNO. The summed E-state index contributed by atoms with van der Waals surface area (Å²) in [5, 5.41) is 11.5. The number of aliphatic hydroxyl groups excluding tert-OH is 1. The summed E-state index contributed by atoms with van der Waals surface area (Å²) in [4.78, 5) is 4.28. The number of hydrogen-bond donors (Lipinski definition) is 1. The SMILES string of the molecule is Cc1cc(F)ccc1C(O)c1ccnc2ccccc12. The van der Waals surface area contributed by atoms with Crippen molar-refractivity contribution in [1.29, 1.82) is 0 Å². The van der Waals surface area contributed by atoms with E-state index in [0.717, 1.165) is 22.0 Å². The highest BCUT2D eigenvalue weighted by Crippen LogP contribution is 2.29. The minimum absolute atomic E-state index is 0.293. The van der Waals surface area contributed by atoms with Crippen LogP contribution in [0.5, 0.6) is 0 Å². The number of hydrogen-bond acceptors (Lipinski definition) is 2. The molecule has 0 radical (unpaired) electrons. The number of halogens is 1. The number of aryl methyl sites for hydroxylation is 1. The van der Waals surface area contributed by atoms with Crippen LogP contribution in [-0.2, 0) is 0 Å². The standard InChI is InChI=1S/C17H14FNO/c1-11-10-12(18)6-7-13(11)17(20)15-8-9-19-16-5-3-2-4-14(15)16/h2-10,17,20H,1H3. The van der Waals surface area contributed by atoms with Gasteiger partial charge in [-0.05, 0) is 47.9 Å². The lowest BCUT2D eigenvalue weighted by Crippen LogP contribution is -2.03. The number of aromatic nitrogens is 1. The second kappa shape index (κ2) is 5.02. The topological polar surface area (TPSA) is 33.1 Å². The van der Waals surface area contributed by atoms with Crippen molar-refractivity contribution < 1.29 is 9.50 Å². The summed E-state index contributed by atoms with van der Waals surface area (Å²) in [6, 6.07) is 13.9. The predicted octanol–water partition coefficient (Wildman–Crippen LogP) is 3.76. The zero-order chi connectivity index (χ0) is 14.1. The summed E-state index contributed by atoms with van der Waals surface area (Å²) in [5.74, 6) is -0.293. The molecule has 0 amide bonds. The molecule has 20 heavy (non-hydrogen) atoms. The van der Waals surface area contributed by atoms with Crippen LogP contribution in [0.3, 0.4) is 0 Å². The van der Waals surface area contributed by atoms with Crippen molar-refractivity contribution in [1.82, 2.24) is 4.98 Å². The van der Waals surface area contributed by atoms with E-state index < -0.39 is 6.10 Å². The Balaban J connectivity index is 2.15. The first kappa shape index (κ1) is 12.8. The first-order valence-corrected chi connectivity index (χ1v) is 6.44. The first-order chi connectivity index (χ1) is 9.66. The van der Waals surface area contributed by atoms with Crippen molar-refractivity contribution in [3.8, 4) is 0 Å². The van der Waals surface area contributed by atoms with Crippen molar-refractivity contribution in [2.45, 2.75) is 13.0 Å². The second-order valence-corrected chi connectivity index (χ2v) is 4.82. The van der Waals surface area contributed by atoms with E-state index in [-0.39, 0.29) is 5.82 Å². The maximum Gasteiger partial charge on any atom is 0.123 e. The van der Waals surface area contributed by atoms with Gasteiger partial charge in [-0.25, -0.2) is 4.39 Å². The summed E-state index contributed by atoms with van der Waals surface area (Å²) in [7, 11) is 0. The average Bonchev–Trinajstić information content (AvgIpc) is 2.46. The van der Waals surface area contributed by atoms with Crippen LogP contribution in [0.1, 0.15) is 22.8 Å². The van der Waals surface area contributed by atoms with Gasteiger partial charge in [0.1, 0.15) is 11.9 Å². The van der Waals surface area contributed by atoms with Crippen LogP contribution in [0.25, 0.3) is 10.9 Å². The molecule has 1 aromatic heterocycles. The Bertz CT molecular complexity index is 765. The van der Waals surface area contributed by atoms with Crippen LogP contribution in [0.2, 0.25) is 0 Å². The maximum atomic E-state index is 13.2. The lowest BCUT2D eigenvalue weighted by molar-refractivity contribution is 0.221. The van der Waals surface area contributed by atoms with Crippen molar-refractivity contribution >= 4 is 10.9 Å². The normalized spacial score (nSPS) is 12.6. The fourth-order valence-electron chi connectivity index (χ4n) is 2.47. The number of para-hydroxylation sites is 1. The van der Waals surface area contributed by atoms with Crippen molar-refractivity contribution in [2.75, 3.05) is 0 Å². The maximum absolute atomic E-state index is 13.2. The average molecular weight is 267 g/mol. The third-order valence-electron chi connectivity index (χ3n) is 3.50. The predicted molar refractivity (Wildman–Crippen MR) is 76.9 cm³/mol. The largest absolute Gasteiger partial charge is 0.384 e. The summed E-state index contributed by atoms with van der Waals surface area (Å²) < 4.78 is 13.2. The molecular weight excluding hydrogens is 253 g/mol. The smallest absolute Gasteiger partial charge is 0.123 e. The fourth-order valence-corrected chi connectivity index (χ4v) is 2.47. The molecule has 3 heteroatoms. The molecule has 0 spiro atoms. The van der Waals surface area contributed by atoms with E-state index in [1.54, 1.807) is 25.3 Å². The molecule has 2 aromatic carbocycles. The number of rotatable bonds is 2. The van der Waals surface area contributed by atoms with Gasteiger partial charge in [0.15, 0.2) is 0 Å². The Morgan fingerprint density at radius 2 is 1.85 bits per heavy atom. The molecule has 0 aliphatic carbocycles. The van der Waals surface area contributed by atoms with Gasteiger partial charge < -0.3 is 5.11 Å². The Morgan fingerprint density at radius 3 is 2.65 bits per heavy atom. The van der Waals surface area contributed by atoms with E-state index in [2.05, 4.69) is 4.98 Å². The first-order valence-electron chi connectivity index (χ1n) is 6.44. The Labute approximate surface area is 116 Å². The Kier molecular flexibility index (Phi) is 3.20. The highest BCUT2D eigenvalue weighted by atomic mass is 19.1. The monoisotopic (exact) mass is 267 g/mol. The molecule has 0 fully saturated rings. The van der Waals surface area contributed by atoms with Gasteiger partial charge in [-0.1, -0.05) is 24.3 Å². The van der Waals surface area contributed by atoms with Crippen LogP contribution in [0.4, 0.5) is 4.39 Å². The number of fused-ring (bicyclic) bond motifs is 1. The van der Waals surface area contributed by atoms with Gasteiger partial charge in [-0.15, -0.1) is 0 Å². The van der Waals surface area contributed by atoms with Gasteiger partial charge in [-0.3, -0.25) is 4.98 Å². The number of pyridine rings is 1. The Morgan fingerprint density at radius 1 is 1.05 bits per heavy atom. The molecule has 2 nitrogen and oxygen atoms in total. The molecule has 3 rings (SSSR count). The van der Waals surface area contributed by atoms with Crippen molar-refractivity contribution in [3.63, 3.8) is 0 Å². The highest BCUT2D eigenvalue weighted by molar-refractivity contribution is 5.82. The van der Waals surface area contributed by atoms with Crippen LogP contribution in [0, 0.1) is 12.7 Å². The molecule has 0 aliphatic rings. The number of nitrogens with zero attached hydrogens (tertiary/aromatic N) is 1. The molecule has 1 heterocycles. The van der Waals surface area contributed by atoms with Crippen molar-refractivity contribution in [2.24, 2.45) is 0 Å². The molecule has 1 N–H and O–H groups in total. The van der Waals surface area contributed by atoms with Crippen LogP contribution in [0.15, 0.2) is 54.7 Å². The van der Waals surface area contributed by atoms with Gasteiger partial charge in [-0.2, -0.15) is 0 Å². The minimum Gasteiger partial charge on any atom is -0.384 e. The van der Waals surface area contributed by atoms with Gasteiger partial charge in [0.25, 0.3) is 0 Å². The van der Waals surface area contributed by atoms with Gasteiger partial charge in [0.05, 0.1) is 5.52 Å². The molecule has 1 atom stereocenters. The Hall–Kier alpha value is -2.26. The minimum atomic E-state index is -0.788. The third kappa shape index (κ3) is 2.17. The molecule has 100 valence electrons. The fraction of sp³-hybridized carbons (Fsp3) is 0.118. The number of benzene rings is 2. The van der Waals surface area contributed by atoms with Crippen molar-refractivity contribution in [3.05, 3.63) is 77.2 Å². The zero-order valence-electron chi connectivity index (χ0n) is 11.0.